The number of amides is 2. The van der Waals surface area contributed by atoms with E-state index in [0.717, 1.165) is 0 Å². The van der Waals surface area contributed by atoms with E-state index in [9.17, 15) is 19.2 Å². The van der Waals surface area contributed by atoms with Gasteiger partial charge in [0.1, 0.15) is 6.04 Å². The molecule has 0 bridgehead atoms. The zero-order chi connectivity index (χ0) is 17.3. The van der Waals surface area contributed by atoms with Crippen LogP contribution >= 0.6 is 12.6 Å². The van der Waals surface area contributed by atoms with E-state index in [2.05, 4.69) is 23.3 Å². The number of carboxylic acid groups (broad SMARTS) is 1. The minimum absolute atomic E-state index is 0.0227. The summed E-state index contributed by atoms with van der Waals surface area (Å²) in [4.78, 5) is 45.2. The van der Waals surface area contributed by atoms with E-state index in [4.69, 9.17) is 10.2 Å². The van der Waals surface area contributed by atoms with Crippen molar-refractivity contribution in [2.75, 3.05) is 12.3 Å². The number of nitrogens with one attached hydrogen (secondary N) is 2. The van der Waals surface area contributed by atoms with Crippen molar-refractivity contribution < 1.29 is 29.4 Å². The fourth-order valence-corrected chi connectivity index (χ4v) is 1.61. The van der Waals surface area contributed by atoms with Crippen LogP contribution in [0.2, 0.25) is 0 Å². The van der Waals surface area contributed by atoms with E-state index in [-0.39, 0.29) is 36.8 Å². The third-order valence-electron chi connectivity index (χ3n) is 2.84. The maximum atomic E-state index is 11.8. The summed E-state index contributed by atoms with van der Waals surface area (Å²) >= 11 is 3.95. The lowest BCUT2D eigenvalue weighted by Gasteiger charge is -2.17. The number of rotatable bonds is 10. The van der Waals surface area contributed by atoms with Crippen molar-refractivity contribution in [1.29, 1.82) is 0 Å². The second kappa shape index (κ2) is 10.2. The zero-order valence-electron chi connectivity index (χ0n) is 12.5. The molecule has 9 heteroatoms. The van der Waals surface area contributed by atoms with E-state index in [1.165, 1.54) is 0 Å². The van der Waals surface area contributed by atoms with Crippen LogP contribution < -0.4 is 10.6 Å². The van der Waals surface area contributed by atoms with Crippen LogP contribution in [0.4, 0.5) is 0 Å². The second-order valence-corrected chi connectivity index (χ2v) is 5.40. The number of aliphatic hydroxyl groups is 1. The molecule has 22 heavy (non-hydrogen) atoms. The summed E-state index contributed by atoms with van der Waals surface area (Å²) in [7, 11) is 0. The molecule has 2 unspecified atom stereocenters. The Kier molecular flexibility index (Phi) is 9.43. The Balaban J connectivity index is 4.28. The highest BCUT2D eigenvalue weighted by Gasteiger charge is 2.21. The van der Waals surface area contributed by atoms with Crippen LogP contribution in [0.25, 0.3) is 0 Å². The largest absolute Gasteiger partial charge is 0.479 e. The van der Waals surface area contributed by atoms with Gasteiger partial charge in [0.25, 0.3) is 0 Å². The van der Waals surface area contributed by atoms with Crippen molar-refractivity contribution >= 4 is 36.2 Å². The Morgan fingerprint density at radius 2 is 1.77 bits per heavy atom. The van der Waals surface area contributed by atoms with Crippen molar-refractivity contribution in [3.05, 3.63) is 0 Å². The van der Waals surface area contributed by atoms with Gasteiger partial charge >= 0.3 is 5.97 Å². The number of thiol groups is 1. The Morgan fingerprint density at radius 1 is 1.18 bits per heavy atom. The summed E-state index contributed by atoms with van der Waals surface area (Å²) in [6, 6.07) is -0.933. The molecule has 0 aliphatic rings. The Bertz CT molecular complexity index is 427. The van der Waals surface area contributed by atoms with Gasteiger partial charge in [-0.25, -0.2) is 4.79 Å². The van der Waals surface area contributed by atoms with E-state index in [1.807, 2.05) is 0 Å². The third-order valence-corrected chi connectivity index (χ3v) is 3.21. The molecule has 4 N–H and O–H groups in total. The quantitative estimate of drug-likeness (QED) is 0.324. The predicted octanol–water partition coefficient (Wildman–Crippen LogP) is -1.03. The summed E-state index contributed by atoms with van der Waals surface area (Å²) < 4.78 is 0. The second-order valence-electron chi connectivity index (χ2n) is 5.03. The number of carboxylic acids is 1. The fourth-order valence-electron chi connectivity index (χ4n) is 1.35. The topological polar surface area (TPSA) is 133 Å². The maximum absolute atomic E-state index is 11.8. The van der Waals surface area contributed by atoms with Crippen molar-refractivity contribution in [3.63, 3.8) is 0 Å². The Morgan fingerprint density at radius 3 is 2.23 bits per heavy atom. The predicted molar refractivity (Wildman–Crippen MR) is 81.5 cm³/mol. The monoisotopic (exact) mass is 334 g/mol. The molecule has 2 atom stereocenters. The van der Waals surface area contributed by atoms with Gasteiger partial charge in [0.05, 0.1) is 6.54 Å². The first kappa shape index (κ1) is 20.4. The van der Waals surface area contributed by atoms with Gasteiger partial charge in [-0.05, 0) is 6.42 Å². The molecular weight excluding hydrogens is 312 g/mol. The molecule has 0 aliphatic carbocycles. The third kappa shape index (κ3) is 7.99. The summed E-state index contributed by atoms with van der Waals surface area (Å²) in [5, 5.41) is 22.3. The molecule has 0 aromatic carbocycles. The van der Waals surface area contributed by atoms with Gasteiger partial charge in [0.15, 0.2) is 11.9 Å². The van der Waals surface area contributed by atoms with Crippen LogP contribution in [0.3, 0.4) is 0 Å². The van der Waals surface area contributed by atoms with Crippen LogP contribution in [-0.2, 0) is 19.2 Å². The molecule has 0 aromatic rings. The van der Waals surface area contributed by atoms with Crippen LogP contribution in [0.15, 0.2) is 0 Å². The van der Waals surface area contributed by atoms with Gasteiger partial charge in [-0.3, -0.25) is 14.4 Å². The van der Waals surface area contributed by atoms with E-state index < -0.39 is 29.9 Å². The number of aliphatic carboxylic acids is 1. The number of hydrogen-bond acceptors (Lipinski definition) is 6. The van der Waals surface area contributed by atoms with Crippen LogP contribution in [0.1, 0.15) is 26.7 Å². The molecule has 0 spiro atoms. The molecule has 126 valence electrons. The lowest BCUT2D eigenvalue weighted by Crippen LogP contribution is -2.49. The van der Waals surface area contributed by atoms with Crippen LogP contribution in [0, 0.1) is 5.92 Å². The molecule has 0 rings (SSSR count). The molecule has 8 nitrogen and oxygen atoms in total. The lowest BCUT2D eigenvalue weighted by atomic mass is 10.1. The first-order valence-electron chi connectivity index (χ1n) is 6.80. The molecule has 0 saturated carbocycles. The Labute approximate surface area is 134 Å². The van der Waals surface area contributed by atoms with Gasteiger partial charge < -0.3 is 20.8 Å². The number of carbonyl (C=O) groups is 4. The maximum Gasteiger partial charge on any atom is 0.332 e. The number of aliphatic hydroxyl groups excluding tert-OH is 1. The molecule has 0 saturated heterocycles. The fraction of sp³-hybridized carbons (Fsp3) is 0.692. The minimum atomic E-state index is -1.63. The average molecular weight is 334 g/mol. The SMILES string of the molecule is CC(C)C(=O)CNC(=O)C(CS)NC(=O)CCC(O)C(=O)O. The molecule has 0 aliphatic heterocycles. The summed E-state index contributed by atoms with van der Waals surface area (Å²) in [5.74, 6) is -2.86. The molecule has 0 fully saturated rings. The highest BCUT2D eigenvalue weighted by Crippen LogP contribution is 1.99. The Hall–Kier alpha value is -1.61. The minimum Gasteiger partial charge on any atom is -0.479 e. The first-order valence-corrected chi connectivity index (χ1v) is 7.43. The standard InChI is InChI=1S/C13H22N2O6S/c1-7(2)10(17)5-14-12(19)8(6-22)15-11(18)4-3-9(16)13(20)21/h7-9,16,22H,3-6H2,1-2H3,(H,14,19)(H,15,18)(H,20,21). The van der Waals surface area contributed by atoms with Gasteiger partial charge in [-0.2, -0.15) is 12.6 Å². The summed E-state index contributed by atoms with van der Waals surface area (Å²) in [6.45, 7) is 3.29. The smallest absolute Gasteiger partial charge is 0.332 e. The molecule has 0 radical (unpaired) electrons. The average Bonchev–Trinajstić information content (AvgIpc) is 2.46. The van der Waals surface area contributed by atoms with Crippen molar-refractivity contribution in [2.24, 2.45) is 5.92 Å². The number of ketones is 1. The number of carbonyl (C=O) groups excluding carboxylic acids is 3. The van der Waals surface area contributed by atoms with Crippen LogP contribution in [0.5, 0.6) is 0 Å². The summed E-state index contributed by atoms with van der Waals surface area (Å²) in [5.41, 5.74) is 0. The molecular formula is C13H22N2O6S. The molecule has 0 heterocycles. The molecule has 2 amide bonds. The van der Waals surface area contributed by atoms with E-state index in [0.29, 0.717) is 0 Å². The molecule has 0 aromatic heterocycles. The van der Waals surface area contributed by atoms with E-state index in [1.54, 1.807) is 13.8 Å². The van der Waals surface area contributed by atoms with Crippen LogP contribution in [-0.4, -0.2) is 58.2 Å². The van der Waals surface area contributed by atoms with Crippen molar-refractivity contribution in [3.8, 4) is 0 Å². The van der Waals surface area contributed by atoms with Gasteiger partial charge in [-0.1, -0.05) is 13.8 Å². The lowest BCUT2D eigenvalue weighted by molar-refractivity contribution is -0.147. The van der Waals surface area contributed by atoms with Crippen molar-refractivity contribution in [1.82, 2.24) is 10.6 Å². The highest BCUT2D eigenvalue weighted by molar-refractivity contribution is 7.80. The normalized spacial score (nSPS) is 13.3. The van der Waals surface area contributed by atoms with Gasteiger partial charge in [0.2, 0.25) is 11.8 Å². The summed E-state index contributed by atoms with van der Waals surface area (Å²) in [6.07, 6.45) is -2.12. The number of hydrogen-bond donors (Lipinski definition) is 5. The van der Waals surface area contributed by atoms with E-state index >= 15 is 0 Å². The van der Waals surface area contributed by atoms with Crippen molar-refractivity contribution in [2.45, 2.75) is 38.8 Å². The number of Topliss-reactive ketones (excluding diaryl/α,β-unsaturated/α-hetero) is 1. The first-order chi connectivity index (χ1) is 10.2. The zero-order valence-corrected chi connectivity index (χ0v) is 13.4. The highest BCUT2D eigenvalue weighted by atomic mass is 32.1. The van der Waals surface area contributed by atoms with Gasteiger partial charge in [0, 0.05) is 18.1 Å². The van der Waals surface area contributed by atoms with Gasteiger partial charge in [-0.15, -0.1) is 0 Å².